The van der Waals surface area contributed by atoms with Crippen molar-refractivity contribution in [3.8, 4) is 5.75 Å². The van der Waals surface area contributed by atoms with Crippen LogP contribution in [0.4, 0.5) is 8.78 Å². The molecule has 1 N–H and O–H groups in total. The van der Waals surface area contributed by atoms with E-state index in [0.29, 0.717) is 5.56 Å². The Kier molecular flexibility index (Phi) is 3.81. The molecule has 0 fully saturated rings. The molecule has 2 rings (SSSR count). The summed E-state index contributed by atoms with van der Waals surface area (Å²) in [5, 5.41) is 10.1. The van der Waals surface area contributed by atoms with Crippen LogP contribution in [0.25, 0.3) is 0 Å². The van der Waals surface area contributed by atoms with Gasteiger partial charge in [-0.25, -0.2) is 8.78 Å². The molecule has 2 aromatic carbocycles. The van der Waals surface area contributed by atoms with E-state index in [9.17, 15) is 13.9 Å². The zero-order chi connectivity index (χ0) is 14.0. The van der Waals surface area contributed by atoms with Crippen molar-refractivity contribution in [2.75, 3.05) is 7.11 Å². The third-order valence-electron chi connectivity index (χ3n) is 2.95. The Labute approximate surface area is 110 Å². The molecule has 0 amide bonds. The molecule has 0 aliphatic carbocycles. The number of hydrogen-bond acceptors (Lipinski definition) is 2. The highest BCUT2D eigenvalue weighted by Crippen LogP contribution is 2.29. The van der Waals surface area contributed by atoms with Crippen molar-refractivity contribution in [1.82, 2.24) is 0 Å². The molecule has 2 aromatic rings. The fourth-order valence-electron chi connectivity index (χ4n) is 1.86. The van der Waals surface area contributed by atoms with Gasteiger partial charge in [0.05, 0.1) is 12.7 Å². The van der Waals surface area contributed by atoms with Gasteiger partial charge in [0.2, 0.25) is 0 Å². The Morgan fingerprint density at radius 3 is 2.05 bits per heavy atom. The number of aryl methyl sites for hydroxylation is 1. The summed E-state index contributed by atoms with van der Waals surface area (Å²) in [5.74, 6) is -1.58. The smallest absolute Gasteiger partial charge is 0.135 e. The van der Waals surface area contributed by atoms with Crippen LogP contribution in [0.2, 0.25) is 0 Å². The molecular formula is C15H14F2O2. The van der Waals surface area contributed by atoms with Crippen LogP contribution in [0.15, 0.2) is 36.4 Å². The molecule has 19 heavy (non-hydrogen) atoms. The van der Waals surface area contributed by atoms with Crippen molar-refractivity contribution in [2.45, 2.75) is 13.0 Å². The Hall–Kier alpha value is -1.94. The van der Waals surface area contributed by atoms with Crippen LogP contribution in [-0.4, -0.2) is 12.2 Å². The number of ether oxygens (including phenoxy) is 1. The molecule has 0 aliphatic heterocycles. The summed E-state index contributed by atoms with van der Waals surface area (Å²) in [4.78, 5) is 0. The Bertz CT molecular complexity index is 556. The van der Waals surface area contributed by atoms with E-state index in [2.05, 4.69) is 0 Å². The summed E-state index contributed by atoms with van der Waals surface area (Å²) in [6.45, 7) is 1.89. The molecule has 1 atom stereocenters. The van der Waals surface area contributed by atoms with Crippen LogP contribution in [0.1, 0.15) is 22.8 Å². The summed E-state index contributed by atoms with van der Waals surface area (Å²) >= 11 is 0. The van der Waals surface area contributed by atoms with Gasteiger partial charge in [0, 0.05) is 12.1 Å². The second-order valence-corrected chi connectivity index (χ2v) is 4.32. The van der Waals surface area contributed by atoms with Gasteiger partial charge < -0.3 is 9.84 Å². The molecular weight excluding hydrogens is 250 g/mol. The summed E-state index contributed by atoms with van der Waals surface area (Å²) in [7, 11) is 1.32. The van der Waals surface area contributed by atoms with Gasteiger partial charge in [0.25, 0.3) is 0 Å². The van der Waals surface area contributed by atoms with Gasteiger partial charge in [0.1, 0.15) is 23.5 Å². The van der Waals surface area contributed by atoms with Crippen LogP contribution < -0.4 is 4.74 Å². The second kappa shape index (κ2) is 5.36. The standard InChI is InChI=1S/C15H14F2O2/c1-9-3-5-10(6-4-9)15(18)14-12(16)7-11(19-2)8-13(14)17/h3-8,15,18H,1-2H3. The highest BCUT2D eigenvalue weighted by molar-refractivity contribution is 5.37. The average molecular weight is 264 g/mol. The maximum absolute atomic E-state index is 13.8. The Balaban J connectivity index is 2.44. The fourth-order valence-corrected chi connectivity index (χ4v) is 1.86. The number of aliphatic hydroxyl groups is 1. The quantitative estimate of drug-likeness (QED) is 0.921. The largest absolute Gasteiger partial charge is 0.497 e. The van der Waals surface area contributed by atoms with Crippen LogP contribution in [-0.2, 0) is 0 Å². The number of halogens is 2. The fraction of sp³-hybridized carbons (Fsp3) is 0.200. The van der Waals surface area contributed by atoms with E-state index in [1.54, 1.807) is 24.3 Å². The molecule has 0 bridgehead atoms. The van der Waals surface area contributed by atoms with E-state index in [1.165, 1.54) is 7.11 Å². The molecule has 4 heteroatoms. The van der Waals surface area contributed by atoms with E-state index in [-0.39, 0.29) is 11.3 Å². The lowest BCUT2D eigenvalue weighted by Gasteiger charge is -2.14. The van der Waals surface area contributed by atoms with Gasteiger partial charge in [-0.15, -0.1) is 0 Å². The molecule has 0 spiro atoms. The molecule has 0 saturated carbocycles. The molecule has 1 unspecified atom stereocenters. The summed E-state index contributed by atoms with van der Waals surface area (Å²) < 4.78 is 32.4. The third-order valence-corrected chi connectivity index (χ3v) is 2.95. The van der Waals surface area contributed by atoms with Gasteiger partial charge in [-0.3, -0.25) is 0 Å². The average Bonchev–Trinajstić information content (AvgIpc) is 2.38. The maximum atomic E-state index is 13.8. The normalized spacial score (nSPS) is 12.3. The third kappa shape index (κ3) is 2.74. The maximum Gasteiger partial charge on any atom is 0.135 e. The minimum atomic E-state index is -1.34. The van der Waals surface area contributed by atoms with Gasteiger partial charge in [0.15, 0.2) is 0 Å². The van der Waals surface area contributed by atoms with Crippen LogP contribution in [0, 0.1) is 18.6 Å². The predicted molar refractivity (Wildman–Crippen MR) is 68.2 cm³/mol. The molecule has 0 saturated heterocycles. The zero-order valence-electron chi connectivity index (χ0n) is 10.7. The van der Waals surface area contributed by atoms with Gasteiger partial charge in [-0.1, -0.05) is 29.8 Å². The van der Waals surface area contributed by atoms with E-state index in [1.807, 2.05) is 6.92 Å². The van der Waals surface area contributed by atoms with Crippen molar-refractivity contribution < 1.29 is 18.6 Å². The lowest BCUT2D eigenvalue weighted by Crippen LogP contribution is -2.06. The Morgan fingerprint density at radius 1 is 1.05 bits per heavy atom. The first-order chi connectivity index (χ1) is 9.02. The van der Waals surface area contributed by atoms with Crippen LogP contribution >= 0.6 is 0 Å². The van der Waals surface area contributed by atoms with Crippen molar-refractivity contribution in [3.05, 3.63) is 64.7 Å². The van der Waals surface area contributed by atoms with E-state index >= 15 is 0 Å². The Morgan fingerprint density at radius 2 is 1.58 bits per heavy atom. The zero-order valence-corrected chi connectivity index (χ0v) is 10.7. The van der Waals surface area contributed by atoms with E-state index in [0.717, 1.165) is 17.7 Å². The SMILES string of the molecule is COc1cc(F)c(C(O)c2ccc(C)cc2)c(F)c1. The highest BCUT2D eigenvalue weighted by Gasteiger charge is 2.21. The monoisotopic (exact) mass is 264 g/mol. The number of methoxy groups -OCH3 is 1. The summed E-state index contributed by atoms with van der Waals surface area (Å²) in [5.41, 5.74) is 1.07. The topological polar surface area (TPSA) is 29.5 Å². The van der Waals surface area contributed by atoms with Crippen LogP contribution in [0.3, 0.4) is 0 Å². The molecule has 100 valence electrons. The molecule has 0 heterocycles. The molecule has 0 radical (unpaired) electrons. The van der Waals surface area contributed by atoms with E-state index < -0.39 is 17.7 Å². The first-order valence-electron chi connectivity index (χ1n) is 5.80. The van der Waals surface area contributed by atoms with Gasteiger partial charge in [-0.05, 0) is 12.5 Å². The lowest BCUT2D eigenvalue weighted by molar-refractivity contribution is 0.208. The predicted octanol–water partition coefficient (Wildman–Crippen LogP) is 3.36. The molecule has 0 aliphatic rings. The summed E-state index contributed by atoms with van der Waals surface area (Å²) in [6.07, 6.45) is -1.34. The van der Waals surface area contributed by atoms with Crippen molar-refractivity contribution in [3.63, 3.8) is 0 Å². The van der Waals surface area contributed by atoms with E-state index in [4.69, 9.17) is 4.74 Å². The van der Waals surface area contributed by atoms with Gasteiger partial charge in [-0.2, -0.15) is 0 Å². The van der Waals surface area contributed by atoms with Gasteiger partial charge >= 0.3 is 0 Å². The number of hydrogen-bond donors (Lipinski definition) is 1. The lowest BCUT2D eigenvalue weighted by atomic mass is 9.99. The first kappa shape index (κ1) is 13.5. The minimum absolute atomic E-state index is 0.0786. The van der Waals surface area contributed by atoms with Crippen molar-refractivity contribution in [1.29, 1.82) is 0 Å². The molecule has 2 nitrogen and oxygen atoms in total. The summed E-state index contributed by atoms with van der Waals surface area (Å²) in [6, 6.07) is 8.94. The number of benzene rings is 2. The molecule has 0 aromatic heterocycles. The highest BCUT2D eigenvalue weighted by atomic mass is 19.1. The second-order valence-electron chi connectivity index (χ2n) is 4.32. The van der Waals surface area contributed by atoms with Crippen molar-refractivity contribution >= 4 is 0 Å². The number of rotatable bonds is 3. The van der Waals surface area contributed by atoms with Crippen LogP contribution in [0.5, 0.6) is 5.75 Å². The minimum Gasteiger partial charge on any atom is -0.497 e. The first-order valence-corrected chi connectivity index (χ1v) is 5.80. The van der Waals surface area contributed by atoms with Crippen molar-refractivity contribution in [2.24, 2.45) is 0 Å². The number of aliphatic hydroxyl groups excluding tert-OH is 1.